The average molecular weight is 305 g/mol. The summed E-state index contributed by atoms with van der Waals surface area (Å²) in [4.78, 5) is 36.0. The van der Waals surface area contributed by atoms with E-state index in [1.807, 2.05) is 0 Å². The molecule has 23 heavy (non-hydrogen) atoms. The van der Waals surface area contributed by atoms with Crippen LogP contribution in [0.15, 0.2) is 61.1 Å². The quantitative estimate of drug-likeness (QED) is 0.744. The molecular formula is C17H11N3O3. The fraction of sp³-hybridized carbons (Fsp3) is 0. The summed E-state index contributed by atoms with van der Waals surface area (Å²) >= 11 is 0. The minimum absolute atomic E-state index is 0.0403. The van der Waals surface area contributed by atoms with Gasteiger partial charge in [-0.15, -0.1) is 0 Å². The lowest BCUT2D eigenvalue weighted by molar-refractivity contribution is 0.0686. The van der Waals surface area contributed by atoms with Crippen LogP contribution >= 0.6 is 0 Å². The van der Waals surface area contributed by atoms with Gasteiger partial charge in [0, 0.05) is 29.7 Å². The van der Waals surface area contributed by atoms with E-state index in [1.165, 1.54) is 6.20 Å². The van der Waals surface area contributed by atoms with Crippen LogP contribution in [0.1, 0.15) is 26.4 Å². The van der Waals surface area contributed by atoms with Crippen molar-refractivity contribution in [2.24, 2.45) is 0 Å². The molecule has 3 rings (SSSR count). The lowest BCUT2D eigenvalue weighted by Gasteiger charge is -2.07. The summed E-state index contributed by atoms with van der Waals surface area (Å²) in [7, 11) is 0. The summed E-state index contributed by atoms with van der Waals surface area (Å²) in [6.45, 7) is 0. The Hall–Kier alpha value is -3.41. The van der Waals surface area contributed by atoms with Gasteiger partial charge in [-0.1, -0.05) is 30.3 Å². The highest BCUT2D eigenvalue weighted by Gasteiger charge is 2.21. The van der Waals surface area contributed by atoms with E-state index in [2.05, 4.69) is 15.0 Å². The van der Waals surface area contributed by atoms with Crippen molar-refractivity contribution in [3.05, 3.63) is 77.9 Å². The molecule has 112 valence electrons. The predicted molar refractivity (Wildman–Crippen MR) is 82.1 cm³/mol. The zero-order valence-corrected chi connectivity index (χ0v) is 11.9. The van der Waals surface area contributed by atoms with Crippen molar-refractivity contribution in [3.8, 4) is 11.4 Å². The largest absolute Gasteiger partial charge is 0.476 e. The third-order valence-electron chi connectivity index (χ3n) is 3.21. The molecule has 3 aromatic rings. The number of carbonyl (C=O) groups is 2. The van der Waals surface area contributed by atoms with Gasteiger partial charge in [-0.3, -0.25) is 9.78 Å². The molecule has 0 saturated carbocycles. The molecule has 0 aliphatic rings. The number of ketones is 1. The van der Waals surface area contributed by atoms with Gasteiger partial charge in [0.25, 0.3) is 0 Å². The van der Waals surface area contributed by atoms with Crippen molar-refractivity contribution in [1.29, 1.82) is 0 Å². The van der Waals surface area contributed by atoms with Crippen molar-refractivity contribution in [3.63, 3.8) is 0 Å². The number of aromatic carboxylic acids is 1. The molecule has 6 heteroatoms. The molecule has 0 atom stereocenters. The molecular weight excluding hydrogens is 294 g/mol. The summed E-state index contributed by atoms with van der Waals surface area (Å²) in [6, 6.07) is 11.8. The maximum Gasteiger partial charge on any atom is 0.355 e. The first-order valence-corrected chi connectivity index (χ1v) is 6.77. The predicted octanol–water partition coefficient (Wildman–Crippen LogP) is 2.47. The summed E-state index contributed by atoms with van der Waals surface area (Å²) in [6.07, 6.45) is 4.37. The van der Waals surface area contributed by atoms with Gasteiger partial charge in [0.15, 0.2) is 17.3 Å². The Bertz CT molecular complexity index is 865. The normalized spacial score (nSPS) is 10.3. The summed E-state index contributed by atoms with van der Waals surface area (Å²) in [5, 5.41) is 9.38. The van der Waals surface area contributed by atoms with Gasteiger partial charge in [0.2, 0.25) is 0 Å². The van der Waals surface area contributed by atoms with Gasteiger partial charge < -0.3 is 5.11 Å². The maximum atomic E-state index is 12.5. The molecule has 2 aromatic heterocycles. The number of hydrogen-bond donors (Lipinski definition) is 1. The fourth-order valence-corrected chi connectivity index (χ4v) is 2.10. The summed E-state index contributed by atoms with van der Waals surface area (Å²) in [5.41, 5.74) is 0.652. The zero-order chi connectivity index (χ0) is 16.2. The van der Waals surface area contributed by atoms with E-state index in [4.69, 9.17) is 0 Å². The number of rotatable bonds is 4. The molecule has 0 spiro atoms. The molecule has 0 amide bonds. The van der Waals surface area contributed by atoms with Crippen LogP contribution < -0.4 is 0 Å². The number of carboxylic acids is 1. The molecule has 0 saturated heterocycles. The van der Waals surface area contributed by atoms with Crippen molar-refractivity contribution < 1.29 is 14.7 Å². The summed E-state index contributed by atoms with van der Waals surface area (Å²) < 4.78 is 0. The Labute approximate surface area is 131 Å². The second-order valence-corrected chi connectivity index (χ2v) is 4.69. The smallest absolute Gasteiger partial charge is 0.355 e. The molecule has 0 unspecified atom stereocenters. The first-order valence-electron chi connectivity index (χ1n) is 6.77. The summed E-state index contributed by atoms with van der Waals surface area (Å²) in [5.74, 6) is -1.47. The highest BCUT2D eigenvalue weighted by atomic mass is 16.4. The van der Waals surface area contributed by atoms with Crippen LogP contribution in [0.2, 0.25) is 0 Å². The zero-order valence-electron chi connectivity index (χ0n) is 11.9. The number of benzene rings is 1. The van der Waals surface area contributed by atoms with E-state index in [1.54, 1.807) is 54.9 Å². The molecule has 6 nitrogen and oxygen atoms in total. The average Bonchev–Trinajstić information content (AvgIpc) is 2.62. The topological polar surface area (TPSA) is 93.0 Å². The molecule has 0 aliphatic heterocycles. The van der Waals surface area contributed by atoms with Crippen molar-refractivity contribution >= 4 is 11.8 Å². The first-order chi connectivity index (χ1) is 11.2. The van der Waals surface area contributed by atoms with Gasteiger partial charge in [-0.25, -0.2) is 14.8 Å². The number of pyridine rings is 1. The molecule has 0 fully saturated rings. The Morgan fingerprint density at radius 2 is 1.65 bits per heavy atom. The molecule has 0 radical (unpaired) electrons. The van der Waals surface area contributed by atoms with Crippen LogP contribution in [0, 0.1) is 0 Å². The van der Waals surface area contributed by atoms with Crippen molar-refractivity contribution in [2.45, 2.75) is 0 Å². The highest BCUT2D eigenvalue weighted by Crippen LogP contribution is 2.18. The van der Waals surface area contributed by atoms with Crippen molar-refractivity contribution in [2.75, 3.05) is 0 Å². The van der Waals surface area contributed by atoms with Crippen LogP contribution in [-0.2, 0) is 0 Å². The molecule has 0 bridgehead atoms. The van der Waals surface area contributed by atoms with Crippen LogP contribution in [0.25, 0.3) is 11.4 Å². The van der Waals surface area contributed by atoms with E-state index in [0.717, 1.165) is 0 Å². The van der Waals surface area contributed by atoms with E-state index in [9.17, 15) is 14.7 Å². The third-order valence-corrected chi connectivity index (χ3v) is 3.21. The molecule has 1 N–H and O–H groups in total. The van der Waals surface area contributed by atoms with Crippen molar-refractivity contribution in [1.82, 2.24) is 15.0 Å². The van der Waals surface area contributed by atoms with Gasteiger partial charge >= 0.3 is 5.97 Å². The Morgan fingerprint density at radius 3 is 2.30 bits per heavy atom. The Balaban J connectivity index is 2.08. The lowest BCUT2D eigenvalue weighted by Crippen LogP contribution is -2.13. The molecule has 2 heterocycles. The number of hydrogen-bond acceptors (Lipinski definition) is 5. The Kier molecular flexibility index (Phi) is 3.88. The van der Waals surface area contributed by atoms with Gasteiger partial charge in [-0.2, -0.15) is 0 Å². The number of aromatic nitrogens is 3. The minimum Gasteiger partial charge on any atom is -0.476 e. The van der Waals surface area contributed by atoms with Gasteiger partial charge in [0.1, 0.15) is 0 Å². The maximum absolute atomic E-state index is 12.5. The van der Waals surface area contributed by atoms with E-state index >= 15 is 0 Å². The van der Waals surface area contributed by atoms with E-state index in [0.29, 0.717) is 11.1 Å². The van der Waals surface area contributed by atoms with E-state index in [-0.39, 0.29) is 17.1 Å². The monoisotopic (exact) mass is 305 g/mol. The third kappa shape index (κ3) is 2.96. The minimum atomic E-state index is -1.28. The second kappa shape index (κ2) is 6.15. The van der Waals surface area contributed by atoms with Crippen LogP contribution in [0.3, 0.4) is 0 Å². The standard InChI is InChI=1S/C17H11N3O3/c21-15(11-4-2-1-3-5-11)13-10-19-16(20-14(13)17(22)23)12-6-8-18-9-7-12/h1-10H,(H,22,23). The number of nitrogens with zero attached hydrogens (tertiary/aromatic N) is 3. The fourth-order valence-electron chi connectivity index (χ4n) is 2.10. The Morgan fingerprint density at radius 1 is 0.957 bits per heavy atom. The van der Waals surface area contributed by atoms with Crippen LogP contribution in [0.4, 0.5) is 0 Å². The van der Waals surface area contributed by atoms with Gasteiger partial charge in [-0.05, 0) is 12.1 Å². The SMILES string of the molecule is O=C(c1ccccc1)c1cnc(-c2ccncc2)nc1C(=O)O. The first kappa shape index (κ1) is 14.5. The van der Waals surface area contributed by atoms with Crippen LogP contribution in [-0.4, -0.2) is 31.8 Å². The number of carbonyl (C=O) groups excluding carboxylic acids is 1. The highest BCUT2D eigenvalue weighted by molar-refractivity contribution is 6.13. The number of carboxylic acid groups (broad SMARTS) is 1. The second-order valence-electron chi connectivity index (χ2n) is 4.69. The lowest BCUT2D eigenvalue weighted by atomic mass is 10.0. The molecule has 1 aromatic carbocycles. The van der Waals surface area contributed by atoms with Gasteiger partial charge in [0.05, 0.1) is 5.56 Å². The molecule has 0 aliphatic carbocycles. The van der Waals surface area contributed by atoms with E-state index < -0.39 is 11.8 Å². The van der Waals surface area contributed by atoms with Crippen LogP contribution in [0.5, 0.6) is 0 Å².